The van der Waals surface area contributed by atoms with Gasteiger partial charge in [0.15, 0.2) is 0 Å². The van der Waals surface area contributed by atoms with E-state index in [1.54, 1.807) is 0 Å². The SMILES string of the molecule is CC.CCCCCCCCCCCN1CC(C(=O)NCC)CC1=O. The number of nitrogens with zero attached hydrogens (tertiary/aromatic N) is 1. The highest BCUT2D eigenvalue weighted by Gasteiger charge is 2.33. The molecule has 1 N–H and O–H groups in total. The first-order valence-electron chi connectivity index (χ1n) is 10.2. The summed E-state index contributed by atoms with van der Waals surface area (Å²) < 4.78 is 0. The van der Waals surface area contributed by atoms with Crippen LogP contribution in [0.1, 0.15) is 91.9 Å². The van der Waals surface area contributed by atoms with Crippen LogP contribution >= 0.6 is 0 Å². The summed E-state index contributed by atoms with van der Waals surface area (Å²) in [5.74, 6) is 0.0484. The molecule has 1 unspecified atom stereocenters. The lowest BCUT2D eigenvalue weighted by atomic mass is 10.1. The molecule has 0 aromatic heterocycles. The Hall–Kier alpha value is -1.06. The lowest BCUT2D eigenvalue weighted by Gasteiger charge is -2.16. The summed E-state index contributed by atoms with van der Waals surface area (Å²) >= 11 is 0. The van der Waals surface area contributed by atoms with Gasteiger partial charge in [0.25, 0.3) is 0 Å². The number of likely N-dealkylation sites (tertiary alicyclic amines) is 1. The molecule has 0 aliphatic carbocycles. The van der Waals surface area contributed by atoms with E-state index in [1.807, 2.05) is 25.7 Å². The monoisotopic (exact) mass is 340 g/mol. The normalized spacial score (nSPS) is 16.8. The van der Waals surface area contributed by atoms with Gasteiger partial charge in [0, 0.05) is 26.1 Å². The standard InChI is InChI=1S/C18H34N2O2.C2H6/c1-3-5-6-7-8-9-10-11-12-13-20-15-16(14-17(20)21)18(22)19-4-2;1-2/h16H,3-15H2,1-2H3,(H,19,22);1-2H3. The highest BCUT2D eigenvalue weighted by Crippen LogP contribution is 2.19. The lowest BCUT2D eigenvalue weighted by Crippen LogP contribution is -2.33. The Morgan fingerprint density at radius 2 is 1.54 bits per heavy atom. The van der Waals surface area contributed by atoms with E-state index < -0.39 is 0 Å². The zero-order valence-corrected chi connectivity index (χ0v) is 16.5. The maximum absolute atomic E-state index is 11.9. The molecule has 24 heavy (non-hydrogen) atoms. The van der Waals surface area contributed by atoms with E-state index in [0.717, 1.165) is 13.0 Å². The number of carbonyl (C=O) groups excluding carboxylic acids is 2. The van der Waals surface area contributed by atoms with Crippen LogP contribution in [0.3, 0.4) is 0 Å². The van der Waals surface area contributed by atoms with Crippen molar-refractivity contribution in [3.8, 4) is 0 Å². The summed E-state index contributed by atoms with van der Waals surface area (Å²) in [6, 6.07) is 0. The van der Waals surface area contributed by atoms with Crippen LogP contribution in [0.15, 0.2) is 0 Å². The Balaban J connectivity index is 0.00000254. The zero-order chi connectivity index (χ0) is 18.2. The molecule has 1 aliphatic heterocycles. The van der Waals surface area contributed by atoms with E-state index >= 15 is 0 Å². The van der Waals surface area contributed by atoms with E-state index in [9.17, 15) is 9.59 Å². The van der Waals surface area contributed by atoms with E-state index in [0.29, 0.717) is 19.5 Å². The lowest BCUT2D eigenvalue weighted by molar-refractivity contribution is -0.129. The van der Waals surface area contributed by atoms with Crippen molar-refractivity contribution in [1.82, 2.24) is 10.2 Å². The highest BCUT2D eigenvalue weighted by atomic mass is 16.2. The minimum atomic E-state index is -0.133. The molecule has 1 aliphatic rings. The number of nitrogens with one attached hydrogen (secondary N) is 1. The van der Waals surface area contributed by atoms with Gasteiger partial charge in [-0.2, -0.15) is 0 Å². The van der Waals surface area contributed by atoms with E-state index in [1.165, 1.54) is 51.4 Å². The van der Waals surface area contributed by atoms with Crippen LogP contribution in [0.2, 0.25) is 0 Å². The third-order valence-corrected chi connectivity index (χ3v) is 4.47. The molecule has 1 atom stereocenters. The van der Waals surface area contributed by atoms with Gasteiger partial charge in [-0.05, 0) is 13.3 Å². The van der Waals surface area contributed by atoms with Crippen LogP contribution in [-0.4, -0.2) is 36.3 Å². The predicted octanol–water partition coefficient (Wildman–Crippen LogP) is 4.53. The fourth-order valence-electron chi connectivity index (χ4n) is 3.10. The maximum Gasteiger partial charge on any atom is 0.225 e. The van der Waals surface area contributed by atoms with Crippen molar-refractivity contribution in [2.24, 2.45) is 5.92 Å². The number of hydrogen-bond acceptors (Lipinski definition) is 2. The summed E-state index contributed by atoms with van der Waals surface area (Å²) in [6.07, 6.45) is 12.0. The van der Waals surface area contributed by atoms with Gasteiger partial charge >= 0.3 is 0 Å². The van der Waals surface area contributed by atoms with Crippen molar-refractivity contribution < 1.29 is 9.59 Å². The van der Waals surface area contributed by atoms with Gasteiger partial charge in [0.05, 0.1) is 5.92 Å². The number of hydrogen-bond donors (Lipinski definition) is 1. The van der Waals surface area contributed by atoms with E-state index in [4.69, 9.17) is 0 Å². The quantitative estimate of drug-likeness (QED) is 0.531. The molecule has 0 saturated carbocycles. The number of unbranched alkanes of at least 4 members (excludes halogenated alkanes) is 8. The second-order valence-electron chi connectivity index (χ2n) is 6.46. The van der Waals surface area contributed by atoms with Gasteiger partial charge in [-0.3, -0.25) is 9.59 Å². The third kappa shape index (κ3) is 9.94. The molecule has 1 fully saturated rings. The minimum Gasteiger partial charge on any atom is -0.356 e. The van der Waals surface area contributed by atoms with Crippen LogP contribution in [0.4, 0.5) is 0 Å². The molecule has 0 spiro atoms. The van der Waals surface area contributed by atoms with Crippen molar-refractivity contribution in [3.05, 3.63) is 0 Å². The van der Waals surface area contributed by atoms with Gasteiger partial charge < -0.3 is 10.2 Å². The number of amides is 2. The first-order valence-corrected chi connectivity index (χ1v) is 10.2. The van der Waals surface area contributed by atoms with Crippen LogP contribution in [0, 0.1) is 5.92 Å². The average molecular weight is 341 g/mol. The topological polar surface area (TPSA) is 49.4 Å². The van der Waals surface area contributed by atoms with Crippen molar-refractivity contribution in [1.29, 1.82) is 0 Å². The molecule has 1 heterocycles. The number of carbonyl (C=O) groups is 2. The Kier molecular flexibility index (Phi) is 14.8. The summed E-state index contributed by atoms with van der Waals surface area (Å²) in [4.78, 5) is 25.6. The maximum atomic E-state index is 11.9. The Morgan fingerprint density at radius 3 is 2.08 bits per heavy atom. The van der Waals surface area contributed by atoms with Gasteiger partial charge in [-0.25, -0.2) is 0 Å². The molecule has 0 aromatic rings. The number of rotatable bonds is 12. The van der Waals surface area contributed by atoms with Crippen LogP contribution in [-0.2, 0) is 9.59 Å². The van der Waals surface area contributed by atoms with Crippen LogP contribution in [0.25, 0.3) is 0 Å². The van der Waals surface area contributed by atoms with Crippen molar-refractivity contribution >= 4 is 11.8 Å². The van der Waals surface area contributed by atoms with Gasteiger partial charge in [0.1, 0.15) is 0 Å². The van der Waals surface area contributed by atoms with Gasteiger partial charge in [0.2, 0.25) is 11.8 Å². The minimum absolute atomic E-state index is 0.0328. The second kappa shape index (κ2) is 15.5. The van der Waals surface area contributed by atoms with E-state index in [-0.39, 0.29) is 17.7 Å². The Morgan fingerprint density at radius 1 is 1.00 bits per heavy atom. The van der Waals surface area contributed by atoms with E-state index in [2.05, 4.69) is 12.2 Å². The van der Waals surface area contributed by atoms with Crippen molar-refractivity contribution in [2.45, 2.75) is 91.9 Å². The molecule has 142 valence electrons. The molecule has 0 aromatic carbocycles. The first-order chi connectivity index (χ1) is 11.7. The average Bonchev–Trinajstić information content (AvgIpc) is 2.96. The Labute approximate surface area is 149 Å². The molecule has 1 rings (SSSR count). The summed E-state index contributed by atoms with van der Waals surface area (Å²) in [5, 5.41) is 2.82. The van der Waals surface area contributed by atoms with Gasteiger partial charge in [-0.15, -0.1) is 0 Å². The van der Waals surface area contributed by atoms with Crippen LogP contribution < -0.4 is 5.32 Å². The zero-order valence-electron chi connectivity index (χ0n) is 16.5. The Bertz CT molecular complexity index is 332. The molecule has 1 saturated heterocycles. The highest BCUT2D eigenvalue weighted by molar-refractivity contribution is 5.89. The second-order valence-corrected chi connectivity index (χ2v) is 6.46. The summed E-state index contributed by atoms with van der Waals surface area (Å²) in [7, 11) is 0. The fourth-order valence-corrected chi connectivity index (χ4v) is 3.10. The predicted molar refractivity (Wildman–Crippen MR) is 102 cm³/mol. The van der Waals surface area contributed by atoms with Crippen molar-refractivity contribution in [3.63, 3.8) is 0 Å². The van der Waals surface area contributed by atoms with Gasteiger partial charge in [-0.1, -0.05) is 72.1 Å². The smallest absolute Gasteiger partial charge is 0.225 e. The largest absolute Gasteiger partial charge is 0.356 e. The molecular formula is C20H40N2O2. The fraction of sp³-hybridized carbons (Fsp3) is 0.900. The van der Waals surface area contributed by atoms with Crippen LogP contribution in [0.5, 0.6) is 0 Å². The third-order valence-electron chi connectivity index (χ3n) is 4.47. The molecular weight excluding hydrogens is 300 g/mol. The summed E-state index contributed by atoms with van der Waals surface area (Å²) in [5.41, 5.74) is 0. The first kappa shape index (κ1) is 22.9. The van der Waals surface area contributed by atoms with Crippen molar-refractivity contribution in [2.75, 3.05) is 19.6 Å². The summed E-state index contributed by atoms with van der Waals surface area (Å²) in [6.45, 7) is 10.2. The molecule has 0 bridgehead atoms. The molecule has 4 heteroatoms. The molecule has 0 radical (unpaired) electrons. The molecule has 2 amide bonds. The molecule has 4 nitrogen and oxygen atoms in total.